The summed E-state index contributed by atoms with van der Waals surface area (Å²) in [6.45, 7) is 4.84. The van der Waals surface area contributed by atoms with E-state index < -0.39 is 11.6 Å². The molecule has 2 rings (SSSR count). The number of hydrogen-bond donors (Lipinski definition) is 1. The van der Waals surface area contributed by atoms with Gasteiger partial charge in [0.25, 0.3) is 0 Å². The van der Waals surface area contributed by atoms with Crippen molar-refractivity contribution >= 4 is 0 Å². The highest BCUT2D eigenvalue weighted by Crippen LogP contribution is 2.21. The second-order valence-electron chi connectivity index (χ2n) is 5.28. The molecule has 1 aromatic heterocycles. The van der Waals surface area contributed by atoms with Crippen molar-refractivity contribution in [3.63, 3.8) is 0 Å². The average Bonchev–Trinajstić information content (AvgIpc) is 2.76. The van der Waals surface area contributed by atoms with E-state index in [1.165, 1.54) is 12.1 Å². The highest BCUT2D eigenvalue weighted by Gasteiger charge is 2.18. The van der Waals surface area contributed by atoms with Gasteiger partial charge in [0.15, 0.2) is 0 Å². The van der Waals surface area contributed by atoms with Gasteiger partial charge in [-0.3, -0.25) is 4.68 Å². The largest absolute Gasteiger partial charge is 0.308 e. The van der Waals surface area contributed by atoms with Crippen molar-refractivity contribution in [2.24, 2.45) is 7.05 Å². The zero-order chi connectivity index (χ0) is 15.4. The normalized spacial score (nSPS) is 12.6. The Balaban J connectivity index is 2.26. The van der Waals surface area contributed by atoms with Crippen LogP contribution in [0.25, 0.3) is 0 Å². The summed E-state index contributed by atoms with van der Waals surface area (Å²) < 4.78 is 28.7. The van der Waals surface area contributed by atoms with Gasteiger partial charge in [0.1, 0.15) is 11.6 Å². The lowest BCUT2D eigenvalue weighted by Crippen LogP contribution is -2.26. The lowest BCUT2D eigenvalue weighted by atomic mass is 10.0. The summed E-state index contributed by atoms with van der Waals surface area (Å²) in [4.78, 5) is 0. The van der Waals surface area contributed by atoms with E-state index >= 15 is 0 Å². The lowest BCUT2D eigenvalue weighted by molar-refractivity contribution is 0.480. The summed E-state index contributed by atoms with van der Waals surface area (Å²) in [5.74, 6) is -1.05. The van der Waals surface area contributed by atoms with Crippen molar-refractivity contribution in [3.05, 3.63) is 52.9 Å². The first-order valence-corrected chi connectivity index (χ1v) is 7.19. The minimum Gasteiger partial charge on any atom is -0.308 e. The first-order valence-electron chi connectivity index (χ1n) is 7.19. The number of hydrogen-bond acceptors (Lipinski definition) is 2. The molecule has 0 amide bonds. The van der Waals surface area contributed by atoms with Crippen LogP contribution >= 0.6 is 0 Å². The van der Waals surface area contributed by atoms with E-state index in [4.69, 9.17) is 0 Å². The molecule has 0 aliphatic heterocycles. The van der Waals surface area contributed by atoms with Crippen LogP contribution < -0.4 is 5.32 Å². The summed E-state index contributed by atoms with van der Waals surface area (Å²) in [6, 6.07) is 5.68. The van der Waals surface area contributed by atoms with Gasteiger partial charge >= 0.3 is 0 Å². The molecule has 5 heteroatoms. The molecule has 0 saturated heterocycles. The van der Waals surface area contributed by atoms with Gasteiger partial charge in [-0.05, 0) is 44.0 Å². The molecule has 0 aliphatic rings. The molecule has 1 unspecified atom stereocenters. The Hall–Kier alpha value is -1.75. The summed E-state index contributed by atoms with van der Waals surface area (Å²) >= 11 is 0. The van der Waals surface area contributed by atoms with Gasteiger partial charge < -0.3 is 5.32 Å². The van der Waals surface area contributed by atoms with Gasteiger partial charge in [0.05, 0.1) is 17.4 Å². The molecule has 1 atom stereocenters. The minimum atomic E-state index is -0.550. The van der Waals surface area contributed by atoms with E-state index in [9.17, 15) is 8.78 Å². The molecule has 2 aromatic rings. The number of halogens is 2. The lowest BCUT2D eigenvalue weighted by Gasteiger charge is -2.19. The minimum absolute atomic E-state index is 0.0453. The summed E-state index contributed by atoms with van der Waals surface area (Å²) in [5, 5.41) is 7.75. The first-order chi connectivity index (χ1) is 10.0. The predicted octanol–water partition coefficient (Wildman–Crippen LogP) is 3.29. The number of aryl methyl sites for hydroxylation is 2. The molecule has 0 aliphatic carbocycles. The Bertz CT molecular complexity index is 608. The van der Waals surface area contributed by atoms with E-state index in [0.29, 0.717) is 12.0 Å². The van der Waals surface area contributed by atoms with Crippen LogP contribution in [-0.4, -0.2) is 16.3 Å². The smallest absolute Gasteiger partial charge is 0.129 e. The SMILES string of the molecule is CCCNC(Cc1ccc(F)cc1F)c1cc(C)nn1C. The molecular weight excluding hydrogens is 272 g/mol. The molecule has 3 nitrogen and oxygen atoms in total. The third-order valence-electron chi connectivity index (χ3n) is 3.48. The van der Waals surface area contributed by atoms with Gasteiger partial charge in [-0.1, -0.05) is 13.0 Å². The topological polar surface area (TPSA) is 29.9 Å². The van der Waals surface area contributed by atoms with Crippen LogP contribution in [0.4, 0.5) is 8.78 Å². The van der Waals surface area contributed by atoms with Crippen molar-refractivity contribution in [3.8, 4) is 0 Å². The fourth-order valence-corrected chi connectivity index (χ4v) is 2.46. The van der Waals surface area contributed by atoms with Crippen molar-refractivity contribution in [2.45, 2.75) is 32.7 Å². The second kappa shape index (κ2) is 6.80. The molecule has 0 bridgehead atoms. The zero-order valence-electron chi connectivity index (χ0n) is 12.7. The first kappa shape index (κ1) is 15.6. The molecule has 0 spiro atoms. The molecule has 0 fully saturated rings. The standard InChI is InChI=1S/C16H21F2N3/c1-4-7-19-15(16-8-11(2)20-21(16)3)9-12-5-6-13(17)10-14(12)18/h5-6,8,10,15,19H,4,7,9H2,1-3H3. The molecule has 21 heavy (non-hydrogen) atoms. The van der Waals surface area contributed by atoms with Crippen LogP contribution in [-0.2, 0) is 13.5 Å². The van der Waals surface area contributed by atoms with Crippen molar-refractivity contribution in [1.82, 2.24) is 15.1 Å². The van der Waals surface area contributed by atoms with Crippen LogP contribution in [0.15, 0.2) is 24.3 Å². The van der Waals surface area contributed by atoms with Gasteiger partial charge in [0, 0.05) is 13.1 Å². The Morgan fingerprint density at radius 2 is 2.05 bits per heavy atom. The van der Waals surface area contributed by atoms with Gasteiger partial charge in [0.2, 0.25) is 0 Å². The zero-order valence-corrected chi connectivity index (χ0v) is 12.7. The fourth-order valence-electron chi connectivity index (χ4n) is 2.46. The third-order valence-corrected chi connectivity index (χ3v) is 3.48. The summed E-state index contributed by atoms with van der Waals surface area (Å²) in [6.07, 6.45) is 1.45. The number of aromatic nitrogens is 2. The number of rotatable bonds is 6. The third kappa shape index (κ3) is 3.88. The summed E-state index contributed by atoms with van der Waals surface area (Å²) in [7, 11) is 1.88. The van der Waals surface area contributed by atoms with Gasteiger partial charge in [-0.25, -0.2) is 8.78 Å². The van der Waals surface area contributed by atoms with Crippen LogP contribution in [0.3, 0.4) is 0 Å². The van der Waals surface area contributed by atoms with E-state index in [0.717, 1.165) is 30.4 Å². The maximum atomic E-state index is 13.9. The van der Waals surface area contributed by atoms with E-state index in [-0.39, 0.29) is 6.04 Å². The van der Waals surface area contributed by atoms with Crippen LogP contribution in [0.1, 0.15) is 36.3 Å². The number of benzene rings is 1. The van der Waals surface area contributed by atoms with E-state index in [1.807, 2.05) is 24.7 Å². The van der Waals surface area contributed by atoms with Crippen molar-refractivity contribution in [1.29, 1.82) is 0 Å². The Morgan fingerprint density at radius 1 is 1.29 bits per heavy atom. The van der Waals surface area contributed by atoms with Gasteiger partial charge in [-0.15, -0.1) is 0 Å². The maximum Gasteiger partial charge on any atom is 0.129 e. The quantitative estimate of drug-likeness (QED) is 0.885. The molecular formula is C16H21F2N3. The van der Waals surface area contributed by atoms with E-state index in [2.05, 4.69) is 17.3 Å². The molecule has 0 saturated carbocycles. The monoisotopic (exact) mass is 293 g/mol. The van der Waals surface area contributed by atoms with Crippen molar-refractivity contribution < 1.29 is 8.78 Å². The molecule has 0 radical (unpaired) electrons. The Morgan fingerprint density at radius 3 is 2.62 bits per heavy atom. The molecule has 1 heterocycles. The van der Waals surface area contributed by atoms with Crippen molar-refractivity contribution in [2.75, 3.05) is 6.54 Å². The second-order valence-corrected chi connectivity index (χ2v) is 5.28. The van der Waals surface area contributed by atoms with Crippen LogP contribution in [0.5, 0.6) is 0 Å². The maximum absolute atomic E-state index is 13.9. The van der Waals surface area contributed by atoms with E-state index in [1.54, 1.807) is 0 Å². The average molecular weight is 293 g/mol. The molecule has 1 N–H and O–H groups in total. The molecule has 1 aromatic carbocycles. The number of nitrogens with zero attached hydrogens (tertiary/aromatic N) is 2. The fraction of sp³-hybridized carbons (Fsp3) is 0.438. The highest BCUT2D eigenvalue weighted by atomic mass is 19.1. The number of nitrogens with one attached hydrogen (secondary N) is 1. The Kier molecular flexibility index (Phi) is 5.07. The molecule has 114 valence electrons. The highest BCUT2D eigenvalue weighted by molar-refractivity contribution is 5.23. The predicted molar refractivity (Wildman–Crippen MR) is 79.0 cm³/mol. The Labute approximate surface area is 124 Å². The summed E-state index contributed by atoms with van der Waals surface area (Å²) in [5.41, 5.74) is 2.43. The van der Waals surface area contributed by atoms with Crippen LogP contribution in [0, 0.1) is 18.6 Å². The van der Waals surface area contributed by atoms with Crippen LogP contribution in [0.2, 0.25) is 0 Å². The van der Waals surface area contributed by atoms with Gasteiger partial charge in [-0.2, -0.15) is 5.10 Å².